The van der Waals surface area contributed by atoms with Crippen LogP contribution in [-0.2, 0) is 9.47 Å². The van der Waals surface area contributed by atoms with Gasteiger partial charge in [0.2, 0.25) is 5.95 Å². The summed E-state index contributed by atoms with van der Waals surface area (Å²) in [6, 6.07) is 8.03. The monoisotopic (exact) mass is 421 g/mol. The maximum Gasteiger partial charge on any atom is 0.409 e. The molecule has 1 amide bonds. The summed E-state index contributed by atoms with van der Waals surface area (Å²) in [5, 5.41) is 4.47. The maximum absolute atomic E-state index is 11.9. The summed E-state index contributed by atoms with van der Waals surface area (Å²) in [5.41, 5.74) is 0.912. The highest BCUT2D eigenvalue weighted by Crippen LogP contribution is 2.25. The first kappa shape index (κ1) is 21.4. The van der Waals surface area contributed by atoms with Crippen molar-refractivity contribution in [2.45, 2.75) is 25.9 Å². The van der Waals surface area contributed by atoms with Gasteiger partial charge < -0.3 is 24.6 Å². The molecule has 3 heterocycles. The predicted octanol–water partition coefficient (Wildman–Crippen LogP) is 2.92. The molecular weight excluding hydrogens is 394 g/mol. The van der Waals surface area contributed by atoms with Crippen molar-refractivity contribution in [2.24, 2.45) is 0 Å². The first-order chi connectivity index (χ1) is 13.7. The Hall–Kier alpha value is -2.32. The summed E-state index contributed by atoms with van der Waals surface area (Å²) in [7, 11) is 0. The van der Waals surface area contributed by atoms with Crippen LogP contribution >= 0.6 is 12.4 Å². The second-order valence-electron chi connectivity index (χ2n) is 7.08. The number of ether oxygens (including phenoxy) is 2. The number of rotatable bonds is 5. The Labute approximate surface area is 177 Å². The minimum Gasteiger partial charge on any atom is -0.450 e. The number of nitrogens with zero attached hydrogens (tertiary/aromatic N) is 4. The molecular formula is C20H28ClN5O3. The van der Waals surface area contributed by atoms with Crippen molar-refractivity contribution in [3.8, 4) is 0 Å². The van der Waals surface area contributed by atoms with Crippen molar-refractivity contribution in [2.75, 3.05) is 56.2 Å². The van der Waals surface area contributed by atoms with Crippen molar-refractivity contribution >= 4 is 41.2 Å². The Kier molecular flexibility index (Phi) is 7.33. The average molecular weight is 422 g/mol. The van der Waals surface area contributed by atoms with Gasteiger partial charge in [-0.2, -0.15) is 4.98 Å². The molecule has 1 unspecified atom stereocenters. The molecule has 9 heteroatoms. The largest absolute Gasteiger partial charge is 0.450 e. The topological polar surface area (TPSA) is 79.8 Å². The molecule has 8 nitrogen and oxygen atoms in total. The second-order valence-corrected chi connectivity index (χ2v) is 7.08. The quantitative estimate of drug-likeness (QED) is 0.794. The zero-order valence-electron chi connectivity index (χ0n) is 16.7. The number of amides is 1. The summed E-state index contributed by atoms with van der Waals surface area (Å²) in [4.78, 5) is 25.3. The number of benzene rings is 1. The van der Waals surface area contributed by atoms with Crippen LogP contribution in [0.15, 0.2) is 24.3 Å². The molecule has 0 saturated carbocycles. The number of para-hydroxylation sites is 1. The number of carbonyl (C=O) groups excluding carboxylic acids is 1. The van der Waals surface area contributed by atoms with E-state index >= 15 is 0 Å². The van der Waals surface area contributed by atoms with Crippen LogP contribution in [0.2, 0.25) is 0 Å². The molecule has 29 heavy (non-hydrogen) atoms. The lowest BCUT2D eigenvalue weighted by Gasteiger charge is -2.34. The predicted molar refractivity (Wildman–Crippen MR) is 115 cm³/mol. The maximum atomic E-state index is 11.9. The minimum absolute atomic E-state index is 0. The van der Waals surface area contributed by atoms with Crippen LogP contribution in [0, 0.1) is 0 Å². The SMILES string of the molecule is CCOC(=O)N1CCN(c2nc(NCC3CCCO3)c3ccccc3n2)CC1.Cl. The molecule has 2 aliphatic rings. The Morgan fingerprint density at radius 3 is 2.76 bits per heavy atom. The van der Waals surface area contributed by atoms with Gasteiger partial charge >= 0.3 is 6.09 Å². The summed E-state index contributed by atoms with van der Waals surface area (Å²) in [6.45, 7) is 6.38. The van der Waals surface area contributed by atoms with Crippen molar-refractivity contribution in [1.82, 2.24) is 14.9 Å². The number of piperazine rings is 1. The third-order valence-electron chi connectivity index (χ3n) is 5.20. The summed E-state index contributed by atoms with van der Waals surface area (Å²) < 4.78 is 10.8. The van der Waals surface area contributed by atoms with Gasteiger partial charge in [0.25, 0.3) is 0 Å². The zero-order valence-corrected chi connectivity index (χ0v) is 17.5. The molecule has 2 aliphatic heterocycles. The number of carbonyl (C=O) groups is 1. The Balaban J connectivity index is 0.00000240. The number of hydrogen-bond donors (Lipinski definition) is 1. The highest BCUT2D eigenvalue weighted by molar-refractivity contribution is 5.90. The number of nitrogens with one attached hydrogen (secondary N) is 1. The van der Waals surface area contributed by atoms with Crippen molar-refractivity contribution in [3.05, 3.63) is 24.3 Å². The standard InChI is InChI=1S/C20H27N5O3.ClH/c1-2-27-20(26)25-11-9-24(10-12-25)19-22-17-8-4-3-7-16(17)18(23-19)21-14-15-6-5-13-28-15;/h3-4,7-8,15H,2,5-6,9-14H2,1H3,(H,21,22,23);1H. The molecule has 0 spiro atoms. The second kappa shape index (κ2) is 9.93. The first-order valence-electron chi connectivity index (χ1n) is 10.0. The minimum atomic E-state index is -0.250. The van der Waals surface area contributed by atoms with Gasteiger partial charge in [0.15, 0.2) is 0 Å². The van der Waals surface area contributed by atoms with Crippen LogP contribution in [0.4, 0.5) is 16.6 Å². The Morgan fingerprint density at radius 1 is 1.24 bits per heavy atom. The van der Waals surface area contributed by atoms with E-state index in [1.54, 1.807) is 4.90 Å². The van der Waals surface area contributed by atoms with Crippen molar-refractivity contribution < 1.29 is 14.3 Å². The van der Waals surface area contributed by atoms with Crippen LogP contribution in [0.25, 0.3) is 10.9 Å². The fourth-order valence-corrected chi connectivity index (χ4v) is 3.66. The molecule has 1 atom stereocenters. The fraction of sp³-hybridized carbons (Fsp3) is 0.550. The number of halogens is 1. The highest BCUT2D eigenvalue weighted by atomic mass is 35.5. The Morgan fingerprint density at radius 2 is 2.03 bits per heavy atom. The van der Waals surface area contributed by atoms with Gasteiger partial charge in [0.1, 0.15) is 5.82 Å². The molecule has 2 fully saturated rings. The lowest BCUT2D eigenvalue weighted by molar-refractivity contribution is 0.105. The summed E-state index contributed by atoms with van der Waals surface area (Å²) in [6.07, 6.45) is 2.19. The van der Waals surface area contributed by atoms with Gasteiger partial charge in [-0.1, -0.05) is 12.1 Å². The van der Waals surface area contributed by atoms with Crippen LogP contribution in [-0.4, -0.2) is 73.0 Å². The van der Waals surface area contributed by atoms with E-state index in [0.717, 1.165) is 42.7 Å². The zero-order chi connectivity index (χ0) is 19.3. The van der Waals surface area contributed by atoms with E-state index in [2.05, 4.69) is 10.2 Å². The van der Waals surface area contributed by atoms with Crippen LogP contribution in [0.3, 0.4) is 0 Å². The van der Waals surface area contributed by atoms with Gasteiger partial charge in [0, 0.05) is 44.7 Å². The normalized spacial score (nSPS) is 19.1. The van der Waals surface area contributed by atoms with E-state index in [4.69, 9.17) is 19.4 Å². The molecule has 2 saturated heterocycles. The molecule has 4 rings (SSSR count). The number of aromatic nitrogens is 2. The lowest BCUT2D eigenvalue weighted by atomic mass is 10.2. The van der Waals surface area contributed by atoms with Crippen LogP contribution in [0.1, 0.15) is 19.8 Å². The van der Waals surface area contributed by atoms with Crippen LogP contribution < -0.4 is 10.2 Å². The molecule has 2 aromatic rings. The van der Waals surface area contributed by atoms with Crippen molar-refractivity contribution in [1.29, 1.82) is 0 Å². The highest BCUT2D eigenvalue weighted by Gasteiger charge is 2.24. The van der Waals surface area contributed by atoms with E-state index in [9.17, 15) is 4.79 Å². The van der Waals surface area contributed by atoms with Crippen molar-refractivity contribution in [3.63, 3.8) is 0 Å². The van der Waals surface area contributed by atoms with Gasteiger partial charge in [-0.25, -0.2) is 9.78 Å². The molecule has 0 radical (unpaired) electrons. The Bertz CT molecular complexity index is 823. The van der Waals surface area contributed by atoms with E-state index in [1.165, 1.54) is 0 Å². The average Bonchev–Trinajstić information content (AvgIpc) is 3.26. The lowest BCUT2D eigenvalue weighted by Crippen LogP contribution is -2.49. The summed E-state index contributed by atoms with van der Waals surface area (Å²) in [5.74, 6) is 1.53. The van der Waals surface area contributed by atoms with Gasteiger partial charge in [-0.15, -0.1) is 12.4 Å². The van der Waals surface area contributed by atoms with E-state index in [0.29, 0.717) is 38.7 Å². The van der Waals surface area contributed by atoms with Crippen LogP contribution in [0.5, 0.6) is 0 Å². The number of anilines is 2. The molecule has 0 bridgehead atoms. The summed E-state index contributed by atoms with van der Waals surface area (Å²) >= 11 is 0. The molecule has 1 aromatic carbocycles. The third-order valence-corrected chi connectivity index (χ3v) is 5.20. The fourth-order valence-electron chi connectivity index (χ4n) is 3.66. The first-order valence-corrected chi connectivity index (χ1v) is 10.0. The van der Waals surface area contributed by atoms with Gasteiger partial charge in [0.05, 0.1) is 18.2 Å². The molecule has 0 aliphatic carbocycles. The molecule has 1 aromatic heterocycles. The van der Waals surface area contributed by atoms with E-state index in [1.807, 2.05) is 31.2 Å². The number of fused-ring (bicyclic) bond motifs is 1. The smallest absolute Gasteiger partial charge is 0.409 e. The van der Waals surface area contributed by atoms with E-state index < -0.39 is 0 Å². The molecule has 158 valence electrons. The molecule has 1 N–H and O–H groups in total. The number of hydrogen-bond acceptors (Lipinski definition) is 7. The van der Waals surface area contributed by atoms with Gasteiger partial charge in [-0.05, 0) is 31.9 Å². The van der Waals surface area contributed by atoms with Gasteiger partial charge in [-0.3, -0.25) is 0 Å². The third kappa shape index (κ3) is 5.00. The van der Waals surface area contributed by atoms with E-state index in [-0.39, 0.29) is 24.6 Å².